The summed E-state index contributed by atoms with van der Waals surface area (Å²) >= 11 is 0. The Kier molecular flexibility index (Phi) is 5.96. The third-order valence-corrected chi connectivity index (χ3v) is 5.14. The van der Waals surface area contributed by atoms with E-state index in [1.54, 1.807) is 4.90 Å². The second kappa shape index (κ2) is 8.38. The van der Waals surface area contributed by atoms with Gasteiger partial charge in [0.25, 0.3) is 0 Å². The van der Waals surface area contributed by atoms with E-state index in [9.17, 15) is 9.59 Å². The van der Waals surface area contributed by atoms with Crippen LogP contribution >= 0.6 is 0 Å². The Morgan fingerprint density at radius 1 is 1.31 bits per heavy atom. The molecule has 1 atom stereocenters. The standard InChI is InChI=1S/C19H28N4O3/c1-14-4-2-5-15-7-8-16(21-18(15)20-14)6-3-10-22-12-13-23(19(22)26)11-9-17(24)25/h7-8,14H,2-6,9-13H2,1H3,(H,20,21)(H,24,25). The number of pyridine rings is 1. The number of aromatic nitrogens is 1. The van der Waals surface area contributed by atoms with E-state index in [2.05, 4.69) is 24.4 Å². The molecule has 1 unspecified atom stereocenters. The summed E-state index contributed by atoms with van der Waals surface area (Å²) in [4.78, 5) is 31.1. The van der Waals surface area contributed by atoms with Gasteiger partial charge in [-0.3, -0.25) is 4.79 Å². The first-order chi connectivity index (χ1) is 12.5. The van der Waals surface area contributed by atoms with Crippen LogP contribution in [-0.2, 0) is 17.6 Å². The van der Waals surface area contributed by atoms with E-state index in [1.807, 2.05) is 4.90 Å². The van der Waals surface area contributed by atoms with Crippen molar-refractivity contribution in [3.8, 4) is 0 Å². The topological polar surface area (TPSA) is 85.8 Å². The molecule has 7 nitrogen and oxygen atoms in total. The van der Waals surface area contributed by atoms with Crippen LogP contribution in [-0.4, -0.2) is 64.1 Å². The molecule has 0 bridgehead atoms. The first kappa shape index (κ1) is 18.5. The van der Waals surface area contributed by atoms with Gasteiger partial charge in [-0.2, -0.15) is 0 Å². The molecule has 0 radical (unpaired) electrons. The van der Waals surface area contributed by atoms with E-state index >= 15 is 0 Å². The van der Waals surface area contributed by atoms with Gasteiger partial charge >= 0.3 is 12.0 Å². The van der Waals surface area contributed by atoms with E-state index in [0.717, 1.165) is 30.8 Å². The van der Waals surface area contributed by atoms with Gasteiger partial charge in [-0.15, -0.1) is 0 Å². The van der Waals surface area contributed by atoms with Crippen LogP contribution in [0.5, 0.6) is 0 Å². The zero-order chi connectivity index (χ0) is 18.5. The second-order valence-electron chi connectivity index (χ2n) is 7.25. The Morgan fingerprint density at radius 3 is 2.85 bits per heavy atom. The summed E-state index contributed by atoms with van der Waals surface area (Å²) in [5.41, 5.74) is 2.35. The highest BCUT2D eigenvalue weighted by Crippen LogP contribution is 2.23. The van der Waals surface area contributed by atoms with Gasteiger partial charge in [-0.05, 0) is 50.7 Å². The van der Waals surface area contributed by atoms with Crippen LogP contribution in [0.4, 0.5) is 10.6 Å². The fraction of sp³-hybridized carbons (Fsp3) is 0.632. The first-order valence-corrected chi connectivity index (χ1v) is 9.54. The molecular weight excluding hydrogens is 332 g/mol. The molecule has 2 aliphatic rings. The number of hydrogen-bond donors (Lipinski definition) is 2. The van der Waals surface area contributed by atoms with Gasteiger partial charge in [0.1, 0.15) is 5.82 Å². The molecule has 0 spiro atoms. The maximum atomic E-state index is 12.3. The Hall–Kier alpha value is -2.31. The molecule has 0 aromatic carbocycles. The predicted molar refractivity (Wildman–Crippen MR) is 99.4 cm³/mol. The fourth-order valence-corrected chi connectivity index (χ4v) is 3.63. The van der Waals surface area contributed by atoms with Crippen LogP contribution < -0.4 is 5.32 Å². The minimum absolute atomic E-state index is 0.00402. The summed E-state index contributed by atoms with van der Waals surface area (Å²) in [5, 5.41) is 12.2. The van der Waals surface area contributed by atoms with E-state index < -0.39 is 5.97 Å². The number of nitrogens with one attached hydrogen (secondary N) is 1. The molecule has 0 aliphatic carbocycles. The highest BCUT2D eigenvalue weighted by molar-refractivity contribution is 5.77. The molecule has 0 saturated carbocycles. The summed E-state index contributed by atoms with van der Waals surface area (Å²) in [6.45, 7) is 4.46. The average Bonchev–Trinajstić information content (AvgIpc) is 2.83. The van der Waals surface area contributed by atoms with Crippen molar-refractivity contribution in [2.45, 2.75) is 51.5 Å². The van der Waals surface area contributed by atoms with E-state index in [0.29, 0.717) is 32.2 Å². The minimum atomic E-state index is -0.867. The molecule has 1 fully saturated rings. The molecule has 1 aromatic rings. The second-order valence-corrected chi connectivity index (χ2v) is 7.25. The normalized spacial score (nSPS) is 19.9. The Morgan fingerprint density at radius 2 is 2.08 bits per heavy atom. The average molecular weight is 360 g/mol. The molecule has 1 saturated heterocycles. The van der Waals surface area contributed by atoms with Gasteiger partial charge in [0, 0.05) is 37.9 Å². The number of carboxylic acids is 1. The van der Waals surface area contributed by atoms with Gasteiger partial charge in [-0.25, -0.2) is 9.78 Å². The molecule has 3 heterocycles. The maximum Gasteiger partial charge on any atom is 0.320 e. The molecule has 7 heteroatoms. The van der Waals surface area contributed by atoms with Crippen LogP contribution in [0.3, 0.4) is 0 Å². The quantitative estimate of drug-likeness (QED) is 0.780. The Bertz CT molecular complexity index is 664. The van der Waals surface area contributed by atoms with Crippen LogP contribution in [0, 0.1) is 0 Å². The lowest BCUT2D eigenvalue weighted by Gasteiger charge is -2.18. The van der Waals surface area contributed by atoms with E-state index in [1.165, 1.54) is 18.4 Å². The number of nitrogens with zero attached hydrogens (tertiary/aromatic N) is 3. The van der Waals surface area contributed by atoms with Crippen molar-refractivity contribution < 1.29 is 14.7 Å². The van der Waals surface area contributed by atoms with E-state index in [-0.39, 0.29) is 12.5 Å². The lowest BCUT2D eigenvalue weighted by Crippen LogP contribution is -2.33. The molecule has 142 valence electrons. The maximum absolute atomic E-state index is 12.3. The lowest BCUT2D eigenvalue weighted by atomic mass is 10.1. The fourth-order valence-electron chi connectivity index (χ4n) is 3.63. The number of carboxylic acid groups (broad SMARTS) is 1. The zero-order valence-electron chi connectivity index (χ0n) is 15.4. The summed E-state index contributed by atoms with van der Waals surface area (Å²) < 4.78 is 0. The van der Waals surface area contributed by atoms with Crippen molar-refractivity contribution in [2.75, 3.05) is 31.5 Å². The van der Waals surface area contributed by atoms with Crippen molar-refractivity contribution in [1.29, 1.82) is 0 Å². The Labute approximate surface area is 154 Å². The molecule has 2 amide bonds. The highest BCUT2D eigenvalue weighted by Gasteiger charge is 2.27. The van der Waals surface area contributed by atoms with Gasteiger partial charge in [0.2, 0.25) is 0 Å². The number of rotatable bonds is 7. The minimum Gasteiger partial charge on any atom is -0.481 e. The number of anilines is 1. The number of amides is 2. The van der Waals surface area contributed by atoms with Crippen molar-refractivity contribution in [1.82, 2.24) is 14.8 Å². The van der Waals surface area contributed by atoms with Crippen LogP contribution in [0.15, 0.2) is 12.1 Å². The van der Waals surface area contributed by atoms with Gasteiger partial charge < -0.3 is 20.2 Å². The molecule has 2 aliphatic heterocycles. The zero-order valence-corrected chi connectivity index (χ0v) is 15.4. The highest BCUT2D eigenvalue weighted by atomic mass is 16.4. The summed E-state index contributed by atoms with van der Waals surface area (Å²) in [6, 6.07) is 4.69. The molecule has 3 rings (SSSR count). The monoisotopic (exact) mass is 360 g/mol. The van der Waals surface area contributed by atoms with Gasteiger partial charge in [-0.1, -0.05) is 6.07 Å². The number of carbonyl (C=O) groups excluding carboxylic acids is 1. The van der Waals surface area contributed by atoms with Crippen molar-refractivity contribution in [3.63, 3.8) is 0 Å². The third-order valence-electron chi connectivity index (χ3n) is 5.14. The van der Waals surface area contributed by atoms with E-state index in [4.69, 9.17) is 10.1 Å². The number of urea groups is 1. The molecule has 26 heavy (non-hydrogen) atoms. The number of fused-ring (bicyclic) bond motifs is 1. The SMILES string of the molecule is CC1CCCc2ccc(CCCN3CCN(CCC(=O)O)C3=O)nc2N1. The number of hydrogen-bond acceptors (Lipinski definition) is 4. The molecular formula is C19H28N4O3. The Balaban J connectivity index is 1.48. The predicted octanol–water partition coefficient (Wildman–Crippen LogP) is 2.36. The van der Waals surface area contributed by atoms with Crippen LogP contribution in [0.1, 0.15) is 43.9 Å². The lowest BCUT2D eigenvalue weighted by molar-refractivity contribution is -0.137. The molecule has 1 aromatic heterocycles. The molecule has 2 N–H and O–H groups in total. The third kappa shape index (κ3) is 4.65. The van der Waals surface area contributed by atoms with Crippen molar-refractivity contribution >= 4 is 17.8 Å². The smallest absolute Gasteiger partial charge is 0.320 e. The summed E-state index contributed by atoms with van der Waals surface area (Å²) in [5.74, 6) is 0.151. The largest absolute Gasteiger partial charge is 0.481 e. The number of aryl methyl sites for hydroxylation is 2. The van der Waals surface area contributed by atoms with Crippen molar-refractivity contribution in [2.24, 2.45) is 0 Å². The first-order valence-electron chi connectivity index (χ1n) is 9.54. The van der Waals surface area contributed by atoms with Crippen LogP contribution in [0.2, 0.25) is 0 Å². The van der Waals surface area contributed by atoms with Crippen LogP contribution in [0.25, 0.3) is 0 Å². The number of aliphatic carboxylic acids is 1. The van der Waals surface area contributed by atoms with Gasteiger partial charge in [0.05, 0.1) is 6.42 Å². The van der Waals surface area contributed by atoms with Crippen molar-refractivity contribution in [3.05, 3.63) is 23.4 Å². The van der Waals surface area contributed by atoms with Gasteiger partial charge in [0.15, 0.2) is 0 Å². The number of carbonyl (C=O) groups is 2. The summed E-state index contributed by atoms with van der Waals surface area (Å²) in [6.07, 6.45) is 5.14. The summed E-state index contributed by atoms with van der Waals surface area (Å²) in [7, 11) is 0.